The van der Waals surface area contributed by atoms with Gasteiger partial charge in [0.15, 0.2) is 5.43 Å². The molecule has 3 heterocycles. The summed E-state index contributed by atoms with van der Waals surface area (Å²) in [7, 11) is 0. The van der Waals surface area contributed by atoms with Crippen molar-refractivity contribution in [2.45, 2.75) is 46.0 Å². The minimum absolute atomic E-state index is 0.00972. The van der Waals surface area contributed by atoms with Crippen LogP contribution < -0.4 is 5.43 Å². The van der Waals surface area contributed by atoms with Gasteiger partial charge in [-0.05, 0) is 48.6 Å². The number of amides is 1. The second-order valence-corrected chi connectivity index (χ2v) is 10.4. The summed E-state index contributed by atoms with van der Waals surface area (Å²) in [5.41, 5.74) is 3.65. The minimum Gasteiger partial charge on any atom is -0.366 e. The molecule has 0 aliphatic carbocycles. The number of aromatic amines is 1. The number of H-pyrrole nitrogens is 1. The van der Waals surface area contributed by atoms with Crippen LogP contribution in [0.5, 0.6) is 0 Å². The van der Waals surface area contributed by atoms with Crippen LogP contribution in [0.15, 0.2) is 53.7 Å². The molecule has 0 bridgehead atoms. The third-order valence-electron chi connectivity index (χ3n) is 6.36. The highest BCUT2D eigenvalue weighted by atomic mass is 35.5. The molecule has 1 aliphatic heterocycles. The number of nitrogens with one attached hydrogen (secondary N) is 1. The molecular weight excluding hydrogens is 434 g/mol. The van der Waals surface area contributed by atoms with Gasteiger partial charge < -0.3 is 9.88 Å². The number of carbonyl (C=O) groups is 1. The standard InChI is InChI=1S/C27H30ClN3O2/c1-17-8-11-31(12-9-17)26(33)19-5-6-20(23(28)13-19)22-16-29-15-21(25(22)32)18-7-10-30-24(14-18)27(2,3)4/h5-7,10,13-17H,8-9,11-12H2,1-4H3,(H,29,32). The zero-order chi connectivity index (χ0) is 23.8. The molecule has 5 nitrogen and oxygen atoms in total. The minimum atomic E-state index is -0.127. The van der Waals surface area contributed by atoms with E-state index in [9.17, 15) is 9.59 Å². The highest BCUT2D eigenvalue weighted by Gasteiger charge is 2.23. The van der Waals surface area contributed by atoms with E-state index in [1.165, 1.54) is 0 Å². The monoisotopic (exact) mass is 463 g/mol. The summed E-state index contributed by atoms with van der Waals surface area (Å²) in [5.74, 6) is 0.642. The van der Waals surface area contributed by atoms with Gasteiger partial charge >= 0.3 is 0 Å². The highest BCUT2D eigenvalue weighted by molar-refractivity contribution is 6.33. The molecule has 1 saturated heterocycles. The number of nitrogens with zero attached hydrogens (tertiary/aromatic N) is 2. The van der Waals surface area contributed by atoms with E-state index in [-0.39, 0.29) is 16.8 Å². The Morgan fingerprint density at radius 3 is 2.42 bits per heavy atom. The van der Waals surface area contributed by atoms with Gasteiger partial charge in [-0.15, -0.1) is 0 Å². The van der Waals surface area contributed by atoms with E-state index in [0.717, 1.165) is 37.2 Å². The molecular formula is C27H30ClN3O2. The van der Waals surface area contributed by atoms with Crippen LogP contribution in [0.25, 0.3) is 22.3 Å². The van der Waals surface area contributed by atoms with Crippen LogP contribution in [0.4, 0.5) is 0 Å². The largest absolute Gasteiger partial charge is 0.366 e. The van der Waals surface area contributed by atoms with Gasteiger partial charge in [-0.25, -0.2) is 0 Å². The molecule has 4 rings (SSSR count). The number of hydrogen-bond donors (Lipinski definition) is 1. The highest BCUT2D eigenvalue weighted by Crippen LogP contribution is 2.30. The van der Waals surface area contributed by atoms with Crippen molar-refractivity contribution >= 4 is 17.5 Å². The Labute approximate surface area is 199 Å². The number of rotatable bonds is 3. The molecule has 172 valence electrons. The van der Waals surface area contributed by atoms with Crippen molar-refractivity contribution in [3.8, 4) is 22.3 Å². The molecule has 33 heavy (non-hydrogen) atoms. The molecule has 0 saturated carbocycles. The lowest BCUT2D eigenvalue weighted by Gasteiger charge is -2.30. The Bertz CT molecular complexity index is 1230. The lowest BCUT2D eigenvalue weighted by atomic mass is 9.90. The molecule has 1 aromatic carbocycles. The van der Waals surface area contributed by atoms with Gasteiger partial charge in [0.25, 0.3) is 5.91 Å². The van der Waals surface area contributed by atoms with Crippen LogP contribution in [0.1, 0.15) is 56.6 Å². The van der Waals surface area contributed by atoms with Crippen LogP contribution in [0.3, 0.4) is 0 Å². The fraction of sp³-hybridized carbons (Fsp3) is 0.370. The number of carbonyl (C=O) groups excluding carboxylic acids is 1. The molecule has 3 aromatic rings. The van der Waals surface area contributed by atoms with Gasteiger partial charge in [-0.1, -0.05) is 45.4 Å². The number of likely N-dealkylation sites (tertiary alicyclic amines) is 1. The van der Waals surface area contributed by atoms with Crippen molar-refractivity contribution < 1.29 is 4.79 Å². The topological polar surface area (TPSA) is 66.1 Å². The van der Waals surface area contributed by atoms with Crippen molar-refractivity contribution in [1.29, 1.82) is 0 Å². The maximum atomic E-state index is 13.4. The van der Waals surface area contributed by atoms with Gasteiger partial charge in [0.05, 0.1) is 0 Å². The molecule has 0 atom stereocenters. The van der Waals surface area contributed by atoms with Crippen LogP contribution in [0, 0.1) is 5.92 Å². The second-order valence-electron chi connectivity index (χ2n) is 9.96. The van der Waals surface area contributed by atoms with E-state index in [1.54, 1.807) is 36.8 Å². The Kier molecular flexibility index (Phi) is 6.44. The number of piperidine rings is 1. The SMILES string of the molecule is CC1CCN(C(=O)c2ccc(-c3c[nH]cc(-c4ccnc(C(C)(C)C)c4)c3=O)c(Cl)c2)CC1. The summed E-state index contributed by atoms with van der Waals surface area (Å²) in [5, 5.41) is 0.388. The zero-order valence-corrected chi connectivity index (χ0v) is 20.4. The molecule has 0 radical (unpaired) electrons. The number of halogens is 1. The van der Waals surface area contributed by atoms with Gasteiger partial charge in [0.1, 0.15) is 0 Å². The van der Waals surface area contributed by atoms with Crippen molar-refractivity contribution in [2.24, 2.45) is 5.92 Å². The summed E-state index contributed by atoms with van der Waals surface area (Å²) in [4.78, 5) is 35.8. The number of hydrogen-bond acceptors (Lipinski definition) is 3. The summed E-state index contributed by atoms with van der Waals surface area (Å²) in [6, 6.07) is 9.00. The van der Waals surface area contributed by atoms with Crippen molar-refractivity contribution in [3.05, 3.63) is 75.4 Å². The normalized spacial score (nSPS) is 15.0. The van der Waals surface area contributed by atoms with E-state index >= 15 is 0 Å². The quantitative estimate of drug-likeness (QED) is 0.523. The average molecular weight is 464 g/mol. The molecule has 1 fully saturated rings. The Hall–Kier alpha value is -2.92. The van der Waals surface area contributed by atoms with Crippen molar-refractivity contribution in [1.82, 2.24) is 14.9 Å². The van der Waals surface area contributed by atoms with E-state index in [1.807, 2.05) is 17.0 Å². The van der Waals surface area contributed by atoms with E-state index < -0.39 is 0 Å². The summed E-state index contributed by atoms with van der Waals surface area (Å²) in [6.45, 7) is 10.0. The van der Waals surface area contributed by atoms with Crippen molar-refractivity contribution in [2.75, 3.05) is 13.1 Å². The molecule has 1 aliphatic rings. The average Bonchev–Trinajstić information content (AvgIpc) is 2.79. The zero-order valence-electron chi connectivity index (χ0n) is 19.6. The number of benzene rings is 1. The third kappa shape index (κ3) is 4.88. The van der Waals surface area contributed by atoms with E-state index in [0.29, 0.717) is 33.2 Å². The third-order valence-corrected chi connectivity index (χ3v) is 6.67. The fourth-order valence-corrected chi connectivity index (χ4v) is 4.45. The van der Waals surface area contributed by atoms with E-state index in [2.05, 4.69) is 37.7 Å². The predicted molar refractivity (Wildman–Crippen MR) is 134 cm³/mol. The fourth-order valence-electron chi connectivity index (χ4n) is 4.17. The first-order valence-electron chi connectivity index (χ1n) is 11.4. The maximum absolute atomic E-state index is 13.4. The lowest BCUT2D eigenvalue weighted by Crippen LogP contribution is -2.37. The van der Waals surface area contributed by atoms with Gasteiger partial charge in [0.2, 0.25) is 0 Å². The smallest absolute Gasteiger partial charge is 0.253 e. The Balaban J connectivity index is 1.67. The summed E-state index contributed by atoms with van der Waals surface area (Å²) in [6.07, 6.45) is 7.14. The maximum Gasteiger partial charge on any atom is 0.253 e. The Morgan fingerprint density at radius 1 is 1.06 bits per heavy atom. The lowest BCUT2D eigenvalue weighted by molar-refractivity contribution is 0.0697. The predicted octanol–water partition coefficient (Wildman–Crippen LogP) is 5.93. The van der Waals surface area contributed by atoms with Crippen LogP contribution in [-0.4, -0.2) is 33.9 Å². The molecule has 1 N–H and O–H groups in total. The molecule has 0 spiro atoms. The first-order valence-corrected chi connectivity index (χ1v) is 11.8. The van der Waals surface area contributed by atoms with Gasteiger partial charge in [0, 0.05) is 70.1 Å². The van der Waals surface area contributed by atoms with Crippen LogP contribution >= 0.6 is 11.6 Å². The molecule has 2 aromatic heterocycles. The second kappa shape index (κ2) is 9.14. The number of aromatic nitrogens is 2. The van der Waals surface area contributed by atoms with Gasteiger partial charge in [-0.2, -0.15) is 0 Å². The van der Waals surface area contributed by atoms with Gasteiger partial charge in [-0.3, -0.25) is 14.6 Å². The summed E-state index contributed by atoms with van der Waals surface area (Å²) >= 11 is 6.59. The first-order chi connectivity index (χ1) is 15.6. The van der Waals surface area contributed by atoms with Crippen LogP contribution in [-0.2, 0) is 5.41 Å². The molecule has 0 unspecified atom stereocenters. The van der Waals surface area contributed by atoms with Crippen molar-refractivity contribution in [3.63, 3.8) is 0 Å². The van der Waals surface area contributed by atoms with Crippen LogP contribution in [0.2, 0.25) is 5.02 Å². The first kappa shape index (κ1) is 23.2. The van der Waals surface area contributed by atoms with E-state index in [4.69, 9.17) is 11.6 Å². The number of pyridine rings is 2. The Morgan fingerprint density at radius 2 is 1.76 bits per heavy atom. The molecule has 6 heteroatoms. The summed E-state index contributed by atoms with van der Waals surface area (Å²) < 4.78 is 0. The molecule has 1 amide bonds.